The van der Waals surface area contributed by atoms with Crippen LogP contribution in [-0.2, 0) is 13.1 Å². The van der Waals surface area contributed by atoms with Gasteiger partial charge in [-0.3, -0.25) is 4.57 Å². The maximum atomic E-state index is 13.9. The monoisotopic (exact) mass is 341 g/mol. The maximum absolute atomic E-state index is 13.9. The fourth-order valence-electron chi connectivity index (χ4n) is 2.47. The molecule has 0 spiro atoms. The minimum atomic E-state index is -2.87. The molecule has 0 aliphatic carbocycles. The van der Waals surface area contributed by atoms with Crippen LogP contribution < -0.4 is 15.3 Å². The van der Waals surface area contributed by atoms with Crippen LogP contribution in [-0.4, -0.2) is 22.6 Å². The molecule has 0 saturated carbocycles. The third kappa shape index (κ3) is 2.95. The number of aromatic nitrogens is 2. The van der Waals surface area contributed by atoms with E-state index in [9.17, 15) is 18.0 Å². The molecule has 1 aliphatic rings. The van der Waals surface area contributed by atoms with E-state index in [1.54, 1.807) is 7.05 Å². The van der Waals surface area contributed by atoms with Crippen molar-refractivity contribution in [1.29, 1.82) is 0 Å². The summed E-state index contributed by atoms with van der Waals surface area (Å²) in [6.07, 6.45) is 0.742. The first-order valence-corrected chi connectivity index (χ1v) is 7.29. The molecule has 0 radical (unpaired) electrons. The van der Waals surface area contributed by atoms with Gasteiger partial charge in [-0.1, -0.05) is 0 Å². The quantitative estimate of drug-likeness (QED) is 0.805. The molecule has 0 unspecified atom stereocenters. The highest BCUT2D eigenvalue weighted by Crippen LogP contribution is 2.24. The lowest BCUT2D eigenvalue weighted by atomic mass is 10.1. The van der Waals surface area contributed by atoms with Crippen LogP contribution in [0.2, 0.25) is 0 Å². The summed E-state index contributed by atoms with van der Waals surface area (Å²) in [5, 5.41) is 0. The largest absolute Gasteiger partial charge is 0.472 e. The highest BCUT2D eigenvalue weighted by molar-refractivity contribution is 5.43. The number of hydrogen-bond donors (Lipinski definition) is 0. The zero-order valence-corrected chi connectivity index (χ0v) is 13.0. The minimum absolute atomic E-state index is 0.144. The van der Waals surface area contributed by atoms with Crippen molar-refractivity contribution in [1.82, 2.24) is 9.55 Å². The number of hydrogen-bond acceptors (Lipinski definition) is 4. The van der Waals surface area contributed by atoms with Crippen molar-refractivity contribution < 1.29 is 20.6 Å². The summed E-state index contributed by atoms with van der Waals surface area (Å²) in [5.41, 5.74) is -1.48. The Kier molecular flexibility index (Phi) is 3.58. The molecule has 0 amide bonds. The van der Waals surface area contributed by atoms with Crippen molar-refractivity contribution in [2.75, 3.05) is 11.9 Å². The van der Waals surface area contributed by atoms with Gasteiger partial charge in [0.1, 0.15) is 18.2 Å². The summed E-state index contributed by atoms with van der Waals surface area (Å²) >= 11 is 0. The molecule has 1 atom stereocenters. The normalized spacial score (nSPS) is 18.7. The van der Waals surface area contributed by atoms with Gasteiger partial charge in [-0.05, 0) is 19.4 Å². The lowest BCUT2D eigenvalue weighted by Gasteiger charge is -2.34. The van der Waals surface area contributed by atoms with Gasteiger partial charge in [0.05, 0.1) is 2.74 Å². The van der Waals surface area contributed by atoms with Crippen molar-refractivity contribution in [2.45, 2.75) is 32.5 Å². The van der Waals surface area contributed by atoms with Gasteiger partial charge in [-0.2, -0.15) is 4.98 Å². The van der Waals surface area contributed by atoms with Gasteiger partial charge < -0.3 is 9.64 Å². The number of benzene rings is 1. The first kappa shape index (κ1) is 13.9. The predicted octanol–water partition coefficient (Wildman–Crippen LogP) is 2.47. The van der Waals surface area contributed by atoms with E-state index in [0.29, 0.717) is 18.4 Å². The molecule has 8 heteroatoms. The fraction of sp³-hybridized carbons (Fsp3) is 0.375. The van der Waals surface area contributed by atoms with Crippen LogP contribution in [0.4, 0.5) is 19.0 Å². The molecule has 5 nitrogen and oxygen atoms in total. The van der Waals surface area contributed by atoms with Crippen molar-refractivity contribution in [2.24, 2.45) is 0 Å². The zero-order valence-electron chi connectivity index (χ0n) is 15.0. The molecule has 0 bridgehead atoms. The predicted molar refractivity (Wildman–Crippen MR) is 81.6 cm³/mol. The molecular weight excluding hydrogens is 323 g/mol. The minimum Gasteiger partial charge on any atom is -0.472 e. The lowest BCUT2D eigenvalue weighted by Crippen LogP contribution is -2.41. The number of ether oxygens (including phenoxy) is 1. The second kappa shape index (κ2) is 6.18. The van der Waals surface area contributed by atoms with E-state index in [-0.39, 0.29) is 18.0 Å². The average Bonchev–Trinajstić information content (AvgIpc) is 2.54. The first-order valence-electron chi connectivity index (χ1n) is 8.29. The van der Waals surface area contributed by atoms with Gasteiger partial charge in [-0.25, -0.2) is 18.0 Å². The molecule has 128 valence electrons. The second-order valence-electron chi connectivity index (χ2n) is 5.59. The summed E-state index contributed by atoms with van der Waals surface area (Å²) in [7, 11) is 1.77. The summed E-state index contributed by atoms with van der Waals surface area (Å²) in [6.45, 7) is -0.446. The Bertz CT molecular complexity index is 920. The van der Waals surface area contributed by atoms with E-state index in [1.807, 2.05) is 11.8 Å². The Hall–Kier alpha value is -2.51. The van der Waals surface area contributed by atoms with Crippen LogP contribution in [0.3, 0.4) is 0 Å². The van der Waals surface area contributed by atoms with Crippen LogP contribution in [0.5, 0.6) is 5.88 Å². The Morgan fingerprint density at radius 2 is 2.00 bits per heavy atom. The van der Waals surface area contributed by atoms with Crippen molar-refractivity contribution >= 4 is 5.82 Å². The van der Waals surface area contributed by atoms with Gasteiger partial charge in [0.2, 0.25) is 5.88 Å². The SMILES string of the molecule is [2H]C([2H])(Oc1cc2n(c(=O)n1)CC[C@H](C)N2C)c1cc(F)c(F)cc1F. The van der Waals surface area contributed by atoms with Gasteiger partial charge >= 0.3 is 5.69 Å². The van der Waals surface area contributed by atoms with Gasteiger partial charge in [0, 0.05) is 37.3 Å². The smallest absolute Gasteiger partial charge is 0.352 e. The molecule has 0 fully saturated rings. The number of halogens is 3. The summed E-state index contributed by atoms with van der Waals surface area (Å²) in [4.78, 5) is 17.6. The number of rotatable bonds is 3. The van der Waals surface area contributed by atoms with Gasteiger partial charge in [-0.15, -0.1) is 0 Å². The van der Waals surface area contributed by atoms with Crippen molar-refractivity contribution in [3.05, 3.63) is 51.7 Å². The van der Waals surface area contributed by atoms with E-state index in [1.165, 1.54) is 10.6 Å². The lowest BCUT2D eigenvalue weighted by molar-refractivity contribution is 0.282. The Labute approximate surface area is 139 Å². The highest BCUT2D eigenvalue weighted by atomic mass is 19.2. The van der Waals surface area contributed by atoms with Crippen LogP contribution in [0, 0.1) is 17.5 Å². The van der Waals surface area contributed by atoms with E-state index < -0.39 is 35.3 Å². The van der Waals surface area contributed by atoms with E-state index in [4.69, 9.17) is 7.48 Å². The van der Waals surface area contributed by atoms with Crippen molar-refractivity contribution in [3.63, 3.8) is 0 Å². The average molecular weight is 341 g/mol. The molecule has 24 heavy (non-hydrogen) atoms. The Morgan fingerprint density at radius 3 is 2.75 bits per heavy atom. The third-order valence-corrected chi connectivity index (χ3v) is 4.03. The maximum Gasteiger partial charge on any atom is 0.352 e. The first-order chi connectivity index (χ1) is 12.1. The standard InChI is InChI=1S/C16H16F3N3O2/c1-9-3-4-22-15(21(9)2)7-14(20-16(22)23)24-8-10-5-12(18)13(19)6-11(10)17/h5-7,9H,3-4,8H2,1-2H3/t9-/m0/s1/i8D2. The van der Waals surface area contributed by atoms with E-state index >= 15 is 0 Å². The molecular formula is C16H16F3N3O2. The van der Waals surface area contributed by atoms with Crippen molar-refractivity contribution in [3.8, 4) is 5.88 Å². The van der Waals surface area contributed by atoms with Crippen LogP contribution in [0.1, 0.15) is 21.6 Å². The van der Waals surface area contributed by atoms with Crippen LogP contribution in [0.25, 0.3) is 0 Å². The number of fused-ring (bicyclic) bond motifs is 1. The zero-order chi connectivity index (χ0) is 19.2. The van der Waals surface area contributed by atoms with E-state index in [0.717, 1.165) is 6.42 Å². The molecule has 1 aliphatic heterocycles. The summed E-state index contributed by atoms with van der Waals surface area (Å²) in [6, 6.07) is 2.11. The Morgan fingerprint density at radius 1 is 1.29 bits per heavy atom. The third-order valence-electron chi connectivity index (χ3n) is 4.03. The van der Waals surface area contributed by atoms with Crippen LogP contribution >= 0.6 is 0 Å². The molecule has 0 N–H and O–H groups in total. The van der Waals surface area contributed by atoms with E-state index in [2.05, 4.69) is 4.98 Å². The Balaban J connectivity index is 2.00. The molecule has 1 aromatic heterocycles. The summed E-state index contributed by atoms with van der Waals surface area (Å²) < 4.78 is 62.5. The second-order valence-corrected chi connectivity index (χ2v) is 5.59. The molecule has 2 aromatic rings. The molecule has 1 aromatic carbocycles. The van der Waals surface area contributed by atoms with Crippen LogP contribution in [0.15, 0.2) is 23.0 Å². The summed E-state index contributed by atoms with van der Waals surface area (Å²) in [5.74, 6) is -4.07. The van der Waals surface area contributed by atoms with Gasteiger partial charge in [0.25, 0.3) is 0 Å². The highest BCUT2D eigenvalue weighted by Gasteiger charge is 2.22. The fourth-order valence-corrected chi connectivity index (χ4v) is 2.47. The molecule has 0 saturated heterocycles. The molecule has 3 rings (SSSR count). The number of anilines is 1. The topological polar surface area (TPSA) is 47.4 Å². The van der Waals surface area contributed by atoms with Gasteiger partial charge in [0.15, 0.2) is 11.6 Å². The number of nitrogens with zero attached hydrogens (tertiary/aromatic N) is 3. The molecule has 2 heterocycles.